The number of hydrogen-bond donors (Lipinski definition) is 2. The number of hydrogen-bond acceptors (Lipinski definition) is 8. The Morgan fingerprint density at radius 3 is 1.74 bits per heavy atom. The predicted octanol–water partition coefficient (Wildman–Crippen LogP) is 11.9. The molecule has 0 spiro atoms. The molecule has 0 heterocycles. The van der Waals surface area contributed by atoms with Crippen molar-refractivity contribution in [1.29, 1.82) is 0 Å². The van der Waals surface area contributed by atoms with E-state index in [4.69, 9.17) is 18.5 Å². The first-order valence-electron chi connectivity index (χ1n) is 22.4. The first-order chi connectivity index (χ1) is 29.4. The highest BCUT2D eigenvalue weighted by Crippen LogP contribution is 2.43. The van der Waals surface area contributed by atoms with Gasteiger partial charge in [0.25, 0.3) is 0 Å². The normalized spacial score (nSPS) is 15.2. The number of allylic oxidation sites excluding steroid dienone is 18. The number of likely N-dealkylation sites (N-methyl/N-ethyl adjacent to an activating group) is 1. The third kappa shape index (κ3) is 44.2. The molecule has 0 aromatic rings. The number of rotatable bonds is 38. The van der Waals surface area contributed by atoms with Crippen LogP contribution < -0.4 is 0 Å². The van der Waals surface area contributed by atoms with Crippen LogP contribution in [-0.4, -0.2) is 86.1 Å². The van der Waals surface area contributed by atoms with Gasteiger partial charge in [-0.25, -0.2) is 4.57 Å². The average molecular weight is 871 g/mol. The monoisotopic (exact) mass is 871 g/mol. The van der Waals surface area contributed by atoms with E-state index < -0.39 is 38.6 Å². The minimum atomic E-state index is -4.43. The highest BCUT2D eigenvalue weighted by atomic mass is 31.2. The first-order valence-corrected chi connectivity index (χ1v) is 23.9. The van der Waals surface area contributed by atoms with Crippen LogP contribution in [0.1, 0.15) is 123 Å². The minimum Gasteiger partial charge on any atom is -0.462 e. The summed E-state index contributed by atoms with van der Waals surface area (Å²) in [5.41, 5.74) is 0. The van der Waals surface area contributed by atoms with Gasteiger partial charge >= 0.3 is 19.8 Å². The molecule has 61 heavy (non-hydrogen) atoms. The van der Waals surface area contributed by atoms with Crippen molar-refractivity contribution in [3.05, 3.63) is 122 Å². The lowest BCUT2D eigenvalue weighted by Crippen LogP contribution is -2.37. The van der Waals surface area contributed by atoms with E-state index in [-0.39, 0.29) is 26.1 Å². The molecule has 3 atom stereocenters. The summed E-state index contributed by atoms with van der Waals surface area (Å²) in [4.78, 5) is 35.3. The quantitative estimate of drug-likeness (QED) is 0.0156. The Hall–Kier alpha value is -3.63. The number of quaternary nitrogens is 1. The Bertz CT molecular complexity index is 1460. The number of aliphatic hydroxyl groups excluding tert-OH is 1. The van der Waals surface area contributed by atoms with Gasteiger partial charge in [-0.3, -0.25) is 18.6 Å². The lowest BCUT2D eigenvalue weighted by molar-refractivity contribution is -0.870. The fraction of sp³-hybridized carbons (Fsp3) is 0.560. The van der Waals surface area contributed by atoms with Gasteiger partial charge in [0.2, 0.25) is 0 Å². The Balaban J connectivity index is 4.65. The van der Waals surface area contributed by atoms with Gasteiger partial charge in [-0.15, -0.1) is 0 Å². The molecule has 2 N–H and O–H groups in total. The van der Waals surface area contributed by atoms with Gasteiger partial charge in [0.15, 0.2) is 6.10 Å². The fourth-order valence-electron chi connectivity index (χ4n) is 5.06. The van der Waals surface area contributed by atoms with Crippen LogP contribution in [0.3, 0.4) is 0 Å². The molecule has 0 saturated heterocycles. The number of aliphatic hydroxyl groups is 1. The van der Waals surface area contributed by atoms with E-state index in [1.54, 1.807) is 6.08 Å². The maximum atomic E-state index is 12.7. The molecule has 0 aromatic heterocycles. The van der Waals surface area contributed by atoms with Crippen molar-refractivity contribution >= 4 is 19.8 Å². The number of unbranched alkanes of at least 4 members (excludes halogenated alkanes) is 4. The van der Waals surface area contributed by atoms with E-state index in [2.05, 4.69) is 74.6 Å². The molecule has 0 aliphatic carbocycles. The zero-order valence-corrected chi connectivity index (χ0v) is 39.1. The molecule has 0 aliphatic rings. The zero-order chi connectivity index (χ0) is 45.1. The van der Waals surface area contributed by atoms with Crippen LogP contribution in [0.4, 0.5) is 0 Å². The predicted molar refractivity (Wildman–Crippen MR) is 253 cm³/mol. The molecule has 2 unspecified atom stereocenters. The van der Waals surface area contributed by atoms with Crippen molar-refractivity contribution in [2.75, 3.05) is 47.5 Å². The number of nitrogens with zero attached hydrogens (tertiary/aromatic N) is 1. The van der Waals surface area contributed by atoms with Gasteiger partial charge in [0.05, 0.1) is 33.9 Å². The highest BCUT2D eigenvalue weighted by Gasteiger charge is 2.27. The van der Waals surface area contributed by atoms with Gasteiger partial charge in [-0.05, 0) is 83.5 Å². The van der Waals surface area contributed by atoms with Gasteiger partial charge in [0.1, 0.15) is 19.8 Å². The topological polar surface area (TPSA) is 129 Å². The summed E-state index contributed by atoms with van der Waals surface area (Å²) in [5.74, 6) is -1.01. The highest BCUT2D eigenvalue weighted by molar-refractivity contribution is 7.47. The standard InChI is InChI=1S/C50H80NO9P/c1-6-8-10-12-14-15-16-17-18-19-20-21-22-27-30-34-38-42-50(54)60-48(46-59-61(55,56)58-44-43-51(3,4)5)45-57-49(53)41-37-33-29-26-24-23-25-28-32-36-40-47(52)39-35-31-13-11-9-7-2/h9,11,14-15,17-18,20-21,23-24,27-33,35-36,40,47-48,52H,6-8,10,12-13,16,19,22,25-26,34,37-39,41-46H2,1-5H3/p+1/b11-9-,15-14-,18-17-,21-20-,24-23-,30-27-,32-28-,33-29-,35-31-,40-36+/t47?,48-/m1/s1. The van der Waals surface area contributed by atoms with E-state index in [1.165, 1.54) is 19.3 Å². The van der Waals surface area contributed by atoms with Gasteiger partial charge in [-0.1, -0.05) is 148 Å². The number of phosphoric acid groups is 1. The number of phosphoric ester groups is 1. The fourth-order valence-corrected chi connectivity index (χ4v) is 5.80. The lowest BCUT2D eigenvalue weighted by atomic mass is 10.2. The molecule has 0 fully saturated rings. The molecule has 10 nitrogen and oxygen atoms in total. The summed E-state index contributed by atoms with van der Waals surface area (Å²) in [6.45, 7) is 4.01. The zero-order valence-electron chi connectivity index (χ0n) is 38.2. The molecule has 11 heteroatoms. The third-order valence-corrected chi connectivity index (χ3v) is 9.55. The Morgan fingerprint density at radius 2 is 1.15 bits per heavy atom. The molecule has 0 aliphatic heterocycles. The van der Waals surface area contributed by atoms with Crippen molar-refractivity contribution in [1.82, 2.24) is 0 Å². The second-order valence-electron chi connectivity index (χ2n) is 15.5. The van der Waals surface area contributed by atoms with Crippen LogP contribution in [0.25, 0.3) is 0 Å². The van der Waals surface area contributed by atoms with E-state index in [1.807, 2.05) is 75.8 Å². The summed E-state index contributed by atoms with van der Waals surface area (Å²) in [6.07, 6.45) is 53.0. The SMILES string of the molecule is CC/C=C\C/C=C\CC(O)/C=C/C=C\C/C=C\C/C=C\CCC(=O)OC[C@H](COP(=O)(O)OCC[N+](C)(C)C)OC(=O)CCC/C=C\C/C=C\C/C=C\C/C=C\CCCCC. The second kappa shape index (κ2) is 40.4. The molecule has 0 bridgehead atoms. The van der Waals surface area contributed by atoms with Crippen LogP contribution in [0.15, 0.2) is 122 Å². The molecule has 0 saturated carbocycles. The molecule has 0 radical (unpaired) electrons. The van der Waals surface area contributed by atoms with Crippen molar-refractivity contribution in [2.24, 2.45) is 0 Å². The number of carbonyl (C=O) groups excluding carboxylic acids is 2. The van der Waals surface area contributed by atoms with Crippen molar-refractivity contribution < 1.29 is 47.2 Å². The molecule has 0 rings (SSSR count). The number of ether oxygens (including phenoxy) is 2. The van der Waals surface area contributed by atoms with Crippen molar-refractivity contribution in [3.8, 4) is 0 Å². The summed E-state index contributed by atoms with van der Waals surface area (Å²) < 4.78 is 34.1. The number of esters is 2. The van der Waals surface area contributed by atoms with Crippen LogP contribution in [-0.2, 0) is 32.7 Å². The molecular weight excluding hydrogens is 790 g/mol. The Labute approximate surface area is 370 Å². The smallest absolute Gasteiger partial charge is 0.462 e. The molecular formula is C50H81NO9P+. The van der Waals surface area contributed by atoms with Crippen molar-refractivity contribution in [3.63, 3.8) is 0 Å². The summed E-state index contributed by atoms with van der Waals surface area (Å²) >= 11 is 0. The van der Waals surface area contributed by atoms with Gasteiger partial charge < -0.3 is 24.0 Å². The third-order valence-electron chi connectivity index (χ3n) is 8.57. The van der Waals surface area contributed by atoms with E-state index in [0.29, 0.717) is 43.1 Å². The van der Waals surface area contributed by atoms with E-state index in [9.17, 15) is 24.2 Å². The van der Waals surface area contributed by atoms with Gasteiger partial charge in [-0.2, -0.15) is 0 Å². The molecule has 0 amide bonds. The van der Waals surface area contributed by atoms with Crippen LogP contribution >= 0.6 is 7.82 Å². The number of carbonyl (C=O) groups is 2. The largest absolute Gasteiger partial charge is 0.472 e. The van der Waals surface area contributed by atoms with Gasteiger partial charge in [0, 0.05) is 12.8 Å². The van der Waals surface area contributed by atoms with Crippen LogP contribution in [0, 0.1) is 0 Å². The van der Waals surface area contributed by atoms with Crippen molar-refractivity contribution in [2.45, 2.75) is 135 Å². The molecule has 0 aromatic carbocycles. The Kier molecular flexibility index (Phi) is 38.0. The molecule has 344 valence electrons. The average Bonchev–Trinajstić information content (AvgIpc) is 3.21. The second-order valence-corrected chi connectivity index (χ2v) is 17.0. The van der Waals surface area contributed by atoms with Crippen LogP contribution in [0.5, 0.6) is 0 Å². The summed E-state index contributed by atoms with van der Waals surface area (Å²) in [7, 11) is 1.35. The minimum absolute atomic E-state index is 0.00560. The van der Waals surface area contributed by atoms with Crippen LogP contribution in [0.2, 0.25) is 0 Å². The summed E-state index contributed by atoms with van der Waals surface area (Å²) in [6, 6.07) is 0. The maximum Gasteiger partial charge on any atom is 0.472 e. The van der Waals surface area contributed by atoms with E-state index >= 15 is 0 Å². The maximum absolute atomic E-state index is 12.7. The Morgan fingerprint density at radius 1 is 0.607 bits per heavy atom. The summed E-state index contributed by atoms with van der Waals surface area (Å²) in [5, 5.41) is 10.0. The first kappa shape index (κ1) is 57.4. The lowest BCUT2D eigenvalue weighted by Gasteiger charge is -2.24. The van der Waals surface area contributed by atoms with E-state index in [0.717, 1.165) is 44.9 Å².